The van der Waals surface area contributed by atoms with Crippen molar-refractivity contribution in [1.82, 2.24) is 0 Å². The molecule has 0 radical (unpaired) electrons. The van der Waals surface area contributed by atoms with Gasteiger partial charge in [-0.05, 0) is 37.0 Å². The van der Waals surface area contributed by atoms with E-state index < -0.39 is 0 Å². The van der Waals surface area contributed by atoms with Crippen molar-refractivity contribution in [3.8, 4) is 0 Å². The zero-order valence-electron chi connectivity index (χ0n) is 9.11. The minimum absolute atomic E-state index is 0.460. The largest absolute Gasteiger partial charge is 0.126 e. The summed E-state index contributed by atoms with van der Waals surface area (Å²) in [5.41, 5.74) is 0.460. The van der Waals surface area contributed by atoms with Crippen LogP contribution >= 0.6 is 11.6 Å². The van der Waals surface area contributed by atoms with E-state index in [1.807, 2.05) is 0 Å². The second-order valence-corrected chi connectivity index (χ2v) is 4.81. The van der Waals surface area contributed by atoms with Crippen LogP contribution in [-0.2, 0) is 0 Å². The molecule has 0 bridgehead atoms. The highest BCUT2D eigenvalue weighted by Gasteiger charge is 2.35. The van der Waals surface area contributed by atoms with E-state index in [1.165, 1.54) is 44.9 Å². The van der Waals surface area contributed by atoms with Crippen LogP contribution in [0.15, 0.2) is 0 Å². The molecule has 1 heteroatoms. The fraction of sp³-hybridized carbons (Fsp3) is 1.00. The Morgan fingerprint density at radius 2 is 1.62 bits per heavy atom. The highest BCUT2D eigenvalue weighted by atomic mass is 35.5. The summed E-state index contributed by atoms with van der Waals surface area (Å²) in [7, 11) is 0. The van der Waals surface area contributed by atoms with Crippen molar-refractivity contribution in [3.63, 3.8) is 0 Å². The number of alkyl halides is 1. The normalized spacial score (nSPS) is 20.5. The zero-order chi connectivity index (χ0) is 9.73. The Morgan fingerprint density at radius 3 is 2.00 bits per heavy atom. The molecule has 0 aromatic rings. The van der Waals surface area contributed by atoms with E-state index in [2.05, 4.69) is 13.8 Å². The number of rotatable bonds is 4. The Morgan fingerprint density at radius 1 is 1.08 bits per heavy atom. The molecule has 0 spiro atoms. The third-order valence-corrected chi connectivity index (χ3v) is 4.68. The summed E-state index contributed by atoms with van der Waals surface area (Å²) < 4.78 is 0. The summed E-state index contributed by atoms with van der Waals surface area (Å²) in [5, 5.41) is 0. The second kappa shape index (κ2) is 5.24. The molecule has 0 unspecified atom stereocenters. The van der Waals surface area contributed by atoms with Gasteiger partial charge in [-0.1, -0.05) is 33.1 Å². The molecular formula is C12H23Cl. The van der Waals surface area contributed by atoms with Crippen molar-refractivity contribution >= 4 is 11.6 Å². The Balaban J connectivity index is 2.60. The van der Waals surface area contributed by atoms with Crippen LogP contribution in [0.3, 0.4) is 0 Å². The van der Waals surface area contributed by atoms with Gasteiger partial charge in [0.1, 0.15) is 0 Å². The monoisotopic (exact) mass is 202 g/mol. The van der Waals surface area contributed by atoms with Crippen LogP contribution in [0.5, 0.6) is 0 Å². The maximum absolute atomic E-state index is 6.16. The molecule has 0 N–H and O–H groups in total. The molecular weight excluding hydrogens is 180 g/mol. The van der Waals surface area contributed by atoms with Crippen molar-refractivity contribution in [2.75, 3.05) is 5.88 Å². The van der Waals surface area contributed by atoms with Gasteiger partial charge in [-0.2, -0.15) is 0 Å². The molecule has 0 saturated heterocycles. The van der Waals surface area contributed by atoms with Crippen LogP contribution in [0.4, 0.5) is 0 Å². The lowest BCUT2D eigenvalue weighted by Crippen LogP contribution is -2.32. The third kappa shape index (κ3) is 2.40. The molecule has 0 aliphatic heterocycles. The van der Waals surface area contributed by atoms with Crippen LogP contribution in [0.25, 0.3) is 0 Å². The predicted octanol–water partition coefficient (Wildman–Crippen LogP) is 4.61. The lowest BCUT2D eigenvalue weighted by atomic mass is 9.67. The van der Waals surface area contributed by atoms with Gasteiger partial charge < -0.3 is 0 Å². The Hall–Kier alpha value is 0.290. The molecule has 1 rings (SSSR count). The fourth-order valence-corrected chi connectivity index (χ4v) is 3.44. The molecule has 0 aromatic carbocycles. The lowest BCUT2D eigenvalue weighted by Gasteiger charge is -2.40. The van der Waals surface area contributed by atoms with E-state index in [1.54, 1.807) is 0 Å². The molecule has 1 aliphatic rings. The van der Waals surface area contributed by atoms with E-state index in [-0.39, 0.29) is 0 Å². The van der Waals surface area contributed by atoms with Gasteiger partial charge in [-0.3, -0.25) is 0 Å². The Bertz CT molecular complexity index is 124. The van der Waals surface area contributed by atoms with Crippen molar-refractivity contribution in [2.45, 2.75) is 58.8 Å². The molecule has 0 aromatic heterocycles. The van der Waals surface area contributed by atoms with E-state index in [9.17, 15) is 0 Å². The fourth-order valence-electron chi connectivity index (χ4n) is 2.84. The topological polar surface area (TPSA) is 0 Å². The summed E-state index contributed by atoms with van der Waals surface area (Å²) in [6.07, 6.45) is 9.69. The smallest absolute Gasteiger partial charge is 0.0282 e. The van der Waals surface area contributed by atoms with Crippen LogP contribution in [0.1, 0.15) is 58.8 Å². The molecule has 0 nitrogen and oxygen atoms in total. The number of hydrogen-bond donors (Lipinski definition) is 0. The van der Waals surface area contributed by atoms with Gasteiger partial charge in [0.2, 0.25) is 0 Å². The molecule has 0 heterocycles. The van der Waals surface area contributed by atoms with Crippen LogP contribution in [0, 0.1) is 11.3 Å². The van der Waals surface area contributed by atoms with E-state index in [0.717, 1.165) is 11.8 Å². The second-order valence-electron chi connectivity index (χ2n) is 4.54. The van der Waals surface area contributed by atoms with Gasteiger partial charge in [0.05, 0.1) is 0 Å². The van der Waals surface area contributed by atoms with Crippen LogP contribution in [-0.4, -0.2) is 5.88 Å². The van der Waals surface area contributed by atoms with Crippen molar-refractivity contribution in [1.29, 1.82) is 0 Å². The minimum Gasteiger partial charge on any atom is -0.126 e. The Kier molecular flexibility index (Phi) is 4.58. The van der Waals surface area contributed by atoms with Gasteiger partial charge in [0.25, 0.3) is 0 Å². The third-order valence-electron chi connectivity index (χ3n) is 4.15. The average Bonchev–Trinajstić information content (AvgIpc) is 2.23. The summed E-state index contributed by atoms with van der Waals surface area (Å²) in [4.78, 5) is 0. The summed E-state index contributed by atoms with van der Waals surface area (Å²) >= 11 is 6.16. The first-order valence-electron chi connectivity index (χ1n) is 5.85. The molecule has 0 amide bonds. The van der Waals surface area contributed by atoms with Crippen molar-refractivity contribution in [2.24, 2.45) is 11.3 Å². The molecule has 1 fully saturated rings. The quantitative estimate of drug-likeness (QED) is 0.584. The predicted molar refractivity (Wildman–Crippen MR) is 60.3 cm³/mol. The molecule has 78 valence electrons. The summed E-state index contributed by atoms with van der Waals surface area (Å²) in [5.74, 6) is 1.78. The Labute approximate surface area is 88.1 Å². The summed E-state index contributed by atoms with van der Waals surface area (Å²) in [6.45, 7) is 4.61. The summed E-state index contributed by atoms with van der Waals surface area (Å²) in [6, 6.07) is 0. The number of halogens is 1. The minimum atomic E-state index is 0.460. The van der Waals surface area contributed by atoms with Gasteiger partial charge >= 0.3 is 0 Å². The molecule has 0 atom stereocenters. The SMILES string of the molecule is CCC(CC)(CCl)C1CCCCC1. The maximum Gasteiger partial charge on any atom is 0.0282 e. The van der Waals surface area contributed by atoms with Crippen LogP contribution in [0.2, 0.25) is 0 Å². The van der Waals surface area contributed by atoms with Gasteiger partial charge in [0, 0.05) is 5.88 Å². The maximum atomic E-state index is 6.16. The highest BCUT2D eigenvalue weighted by molar-refractivity contribution is 6.18. The molecule has 1 saturated carbocycles. The van der Waals surface area contributed by atoms with Gasteiger partial charge in [-0.15, -0.1) is 11.6 Å². The molecule has 13 heavy (non-hydrogen) atoms. The first-order chi connectivity index (χ1) is 6.29. The van der Waals surface area contributed by atoms with Crippen molar-refractivity contribution in [3.05, 3.63) is 0 Å². The lowest BCUT2D eigenvalue weighted by molar-refractivity contribution is 0.129. The van der Waals surface area contributed by atoms with E-state index >= 15 is 0 Å². The van der Waals surface area contributed by atoms with Gasteiger partial charge in [-0.25, -0.2) is 0 Å². The standard InChI is InChI=1S/C12H23Cl/c1-3-12(4-2,10-13)11-8-6-5-7-9-11/h11H,3-10H2,1-2H3. The van der Waals surface area contributed by atoms with Crippen LogP contribution < -0.4 is 0 Å². The van der Waals surface area contributed by atoms with E-state index in [0.29, 0.717) is 5.41 Å². The average molecular weight is 203 g/mol. The first kappa shape index (κ1) is 11.4. The highest BCUT2D eigenvalue weighted by Crippen LogP contribution is 2.44. The first-order valence-corrected chi connectivity index (χ1v) is 6.38. The number of hydrogen-bond acceptors (Lipinski definition) is 0. The van der Waals surface area contributed by atoms with E-state index in [4.69, 9.17) is 11.6 Å². The molecule has 1 aliphatic carbocycles. The van der Waals surface area contributed by atoms with Gasteiger partial charge in [0.15, 0.2) is 0 Å². The van der Waals surface area contributed by atoms with Crippen molar-refractivity contribution < 1.29 is 0 Å². The zero-order valence-corrected chi connectivity index (χ0v) is 9.87.